The minimum atomic E-state index is -4.50. The van der Waals surface area contributed by atoms with E-state index >= 15 is 0 Å². The van der Waals surface area contributed by atoms with Gasteiger partial charge in [0.1, 0.15) is 5.75 Å². The molecule has 0 spiro atoms. The van der Waals surface area contributed by atoms with Gasteiger partial charge in [-0.25, -0.2) is 4.57 Å². The zero-order valence-corrected chi connectivity index (χ0v) is 12.2. The molecule has 82 valence electrons. The van der Waals surface area contributed by atoms with Crippen molar-refractivity contribution in [1.82, 2.24) is 0 Å². The van der Waals surface area contributed by atoms with Crippen LogP contribution in [0.5, 0.6) is 5.75 Å². The molecule has 1 aromatic rings. The molecule has 0 aliphatic heterocycles. The normalized spacial score (nSPS) is 10.1. The molecule has 0 heterocycles. The third kappa shape index (κ3) is 6.44. The smallest absolute Gasteiger partial charge is 0.404 e. The van der Waals surface area contributed by atoms with E-state index in [1.54, 1.807) is 0 Å². The predicted octanol–water partition coefficient (Wildman–Crippen LogP) is -2.18. The van der Waals surface area contributed by atoms with Gasteiger partial charge >= 0.3 is 37.4 Å². The summed E-state index contributed by atoms with van der Waals surface area (Å²) in [6, 6.07) is 5.84. The number of phosphoric ester groups is 1. The Morgan fingerprint density at radius 3 is 2.25 bits per heavy atom. The van der Waals surface area contributed by atoms with Gasteiger partial charge in [-0.15, -0.1) is 0 Å². The van der Waals surface area contributed by atoms with Crippen LogP contribution in [-0.2, 0) is 4.57 Å². The van der Waals surface area contributed by atoms with E-state index < -0.39 is 7.82 Å². The molecule has 0 radical (unpaired) electrons. The summed E-state index contributed by atoms with van der Waals surface area (Å²) in [4.78, 5) is 17.0. The van der Waals surface area contributed by atoms with E-state index in [4.69, 9.17) is 15.5 Å². The Kier molecular flexibility index (Phi) is 6.50. The molecule has 1 rings (SSSR count). The van der Waals surface area contributed by atoms with Crippen LogP contribution in [0.3, 0.4) is 0 Å². The van der Waals surface area contributed by atoms with E-state index in [1.807, 2.05) is 0 Å². The summed E-state index contributed by atoms with van der Waals surface area (Å²) in [5.74, 6) is 0.0665. The van der Waals surface area contributed by atoms with Crippen molar-refractivity contribution in [3.63, 3.8) is 0 Å². The molecule has 5 N–H and O–H groups in total. The van der Waals surface area contributed by atoms with E-state index in [2.05, 4.69) is 22.1 Å². The van der Waals surface area contributed by atoms with Crippen LogP contribution in [0, 0.1) is 0 Å². The summed E-state index contributed by atoms with van der Waals surface area (Å²) < 4.78 is 14.8. The molecule has 0 aliphatic rings. The fraction of sp³-hybridized carbons (Fsp3) is 0. The third-order valence-electron chi connectivity index (χ3n) is 1.35. The number of phosphoric acid groups is 1. The fourth-order valence-corrected chi connectivity index (χ4v) is 1.39. The summed E-state index contributed by atoms with van der Waals surface area (Å²) in [7, 11) is -4.50. The van der Waals surface area contributed by atoms with E-state index in [0.29, 0.717) is 5.69 Å². The first-order valence-electron chi connectivity index (χ1n) is 3.78. The Labute approximate surface area is 120 Å². The zero-order valence-electron chi connectivity index (χ0n) is 8.45. The van der Waals surface area contributed by atoms with Crippen molar-refractivity contribution in [2.75, 3.05) is 5.32 Å². The quantitative estimate of drug-likeness (QED) is 0.281. The van der Waals surface area contributed by atoms with Gasteiger partial charge in [-0.05, 0) is 36.5 Å². The van der Waals surface area contributed by atoms with Gasteiger partial charge < -0.3 is 15.6 Å². The van der Waals surface area contributed by atoms with Crippen molar-refractivity contribution in [2.45, 2.75) is 0 Å². The summed E-state index contributed by atoms with van der Waals surface area (Å²) in [5.41, 5.74) is 5.84. The van der Waals surface area contributed by atoms with Crippen molar-refractivity contribution in [2.24, 2.45) is 5.73 Å². The molecule has 9 heteroatoms. The number of nitrogens with one attached hydrogen (secondary N) is 1. The first-order chi connectivity index (χ1) is 6.87. The summed E-state index contributed by atoms with van der Waals surface area (Å²) >= 11 is 4.61. The van der Waals surface area contributed by atoms with Gasteiger partial charge in [-0.3, -0.25) is 9.79 Å². The SMILES string of the molecule is NC(=S)Nc1ccc(OP(=O)(O)O)cc1.[Na+]. The largest absolute Gasteiger partial charge is 1.00 e. The minimum Gasteiger partial charge on any atom is -0.404 e. The molecule has 16 heavy (non-hydrogen) atoms. The number of hydrogen-bond acceptors (Lipinski definition) is 3. The van der Waals surface area contributed by atoms with Crippen LogP contribution in [0.4, 0.5) is 5.69 Å². The van der Waals surface area contributed by atoms with Crippen molar-refractivity contribution in [3.05, 3.63) is 24.3 Å². The number of hydrogen-bond donors (Lipinski definition) is 4. The van der Waals surface area contributed by atoms with Gasteiger partial charge in [-0.2, -0.15) is 0 Å². The van der Waals surface area contributed by atoms with E-state index in [9.17, 15) is 4.57 Å². The van der Waals surface area contributed by atoms with Crippen LogP contribution in [0.1, 0.15) is 0 Å². The van der Waals surface area contributed by atoms with Gasteiger partial charge in [-0.1, -0.05) is 0 Å². The van der Waals surface area contributed by atoms with E-state index in [-0.39, 0.29) is 40.4 Å². The van der Waals surface area contributed by atoms with Crippen LogP contribution in [0.15, 0.2) is 24.3 Å². The van der Waals surface area contributed by atoms with Crippen LogP contribution >= 0.6 is 20.0 Å². The van der Waals surface area contributed by atoms with Gasteiger partial charge in [0, 0.05) is 5.69 Å². The molecule has 0 unspecified atom stereocenters. The number of rotatable bonds is 3. The maximum atomic E-state index is 10.5. The van der Waals surface area contributed by atoms with Crippen LogP contribution in [-0.4, -0.2) is 14.9 Å². The Morgan fingerprint density at radius 1 is 1.38 bits per heavy atom. The standard InChI is InChI=1S/C7H9N2O4PS.Na/c8-7(15)9-5-1-3-6(4-2-5)13-14(10,11)12;/h1-4H,(H3,8,9,15)(H2,10,11,12);/q;+1. The topological polar surface area (TPSA) is 105 Å². The molecule has 0 amide bonds. The van der Waals surface area contributed by atoms with Crippen molar-refractivity contribution < 1.29 is 48.4 Å². The van der Waals surface area contributed by atoms with Crippen molar-refractivity contribution in [1.29, 1.82) is 0 Å². The molecular formula is C7H9N2NaO4PS+. The van der Waals surface area contributed by atoms with Crippen molar-refractivity contribution in [3.8, 4) is 5.75 Å². The molecule has 0 aromatic heterocycles. The predicted molar refractivity (Wildman–Crippen MR) is 59.5 cm³/mol. The van der Waals surface area contributed by atoms with Gasteiger partial charge in [0.15, 0.2) is 5.11 Å². The average molecular weight is 271 g/mol. The second kappa shape index (κ2) is 6.56. The molecular weight excluding hydrogens is 262 g/mol. The summed E-state index contributed by atoms with van der Waals surface area (Å²) in [6.45, 7) is 0. The molecule has 0 saturated carbocycles. The van der Waals surface area contributed by atoms with E-state index in [1.165, 1.54) is 24.3 Å². The molecule has 0 fully saturated rings. The van der Waals surface area contributed by atoms with Crippen LogP contribution in [0.25, 0.3) is 0 Å². The fourth-order valence-electron chi connectivity index (χ4n) is 0.879. The minimum absolute atomic E-state index is 0. The van der Waals surface area contributed by atoms with Crippen LogP contribution < -0.4 is 45.1 Å². The second-order valence-electron chi connectivity index (χ2n) is 2.60. The Hall–Kier alpha value is -0.140. The van der Waals surface area contributed by atoms with Gasteiger partial charge in [0.2, 0.25) is 0 Å². The molecule has 0 bridgehead atoms. The molecule has 0 saturated heterocycles. The molecule has 1 aromatic carbocycles. The first-order valence-corrected chi connectivity index (χ1v) is 5.72. The molecule has 0 atom stereocenters. The van der Waals surface area contributed by atoms with Gasteiger partial charge in [0.05, 0.1) is 0 Å². The zero-order chi connectivity index (χ0) is 11.5. The Balaban J connectivity index is 0.00000225. The average Bonchev–Trinajstić information content (AvgIpc) is 2.05. The second-order valence-corrected chi connectivity index (χ2v) is 4.20. The molecule has 0 aliphatic carbocycles. The van der Waals surface area contributed by atoms with E-state index in [0.717, 1.165) is 0 Å². The number of benzene rings is 1. The molecule has 6 nitrogen and oxygen atoms in total. The maximum absolute atomic E-state index is 10.5. The van der Waals surface area contributed by atoms with Crippen LogP contribution in [0.2, 0.25) is 0 Å². The number of anilines is 1. The Morgan fingerprint density at radius 2 is 1.88 bits per heavy atom. The monoisotopic (exact) mass is 271 g/mol. The Bertz CT molecular complexity index is 407. The summed E-state index contributed by atoms with van der Waals surface area (Å²) in [5, 5.41) is 2.76. The first kappa shape index (κ1) is 15.9. The third-order valence-corrected chi connectivity index (χ3v) is 1.90. The summed E-state index contributed by atoms with van der Waals surface area (Å²) in [6.07, 6.45) is 0. The number of thiocarbonyl (C=S) groups is 1. The van der Waals surface area contributed by atoms with Gasteiger partial charge in [0.25, 0.3) is 0 Å². The maximum Gasteiger partial charge on any atom is 1.00 e. The van der Waals surface area contributed by atoms with Crippen molar-refractivity contribution >= 4 is 30.8 Å². The number of nitrogens with two attached hydrogens (primary N) is 1.